The first-order valence-corrected chi connectivity index (χ1v) is 7.28. The van der Waals surface area contributed by atoms with Crippen LogP contribution >= 0.6 is 11.6 Å². The molecule has 2 aromatic carbocycles. The number of hydrogen-bond donors (Lipinski definition) is 1. The maximum Gasteiger partial charge on any atom is 0.262 e. The van der Waals surface area contributed by atoms with Crippen molar-refractivity contribution in [1.29, 1.82) is 5.26 Å². The van der Waals surface area contributed by atoms with Gasteiger partial charge in [-0.25, -0.2) is 0 Å². The zero-order valence-electron chi connectivity index (χ0n) is 12.5. The summed E-state index contributed by atoms with van der Waals surface area (Å²) >= 11 is 5.81. The molecular formula is C18H15ClN2O2. The van der Waals surface area contributed by atoms with E-state index < -0.39 is 5.91 Å². The summed E-state index contributed by atoms with van der Waals surface area (Å²) in [6, 6.07) is 16.2. The highest BCUT2D eigenvalue weighted by Crippen LogP contribution is 2.13. The first-order valence-electron chi connectivity index (χ1n) is 6.91. The number of hydrogen-bond acceptors (Lipinski definition) is 3. The van der Waals surface area contributed by atoms with Crippen molar-refractivity contribution in [2.75, 3.05) is 7.11 Å². The Hall–Kier alpha value is -2.77. The zero-order chi connectivity index (χ0) is 16.7. The number of ether oxygens (including phenoxy) is 1. The molecule has 0 fully saturated rings. The third-order valence-electron chi connectivity index (χ3n) is 3.16. The van der Waals surface area contributed by atoms with E-state index in [0.29, 0.717) is 11.6 Å². The van der Waals surface area contributed by atoms with Gasteiger partial charge in [-0.05, 0) is 41.5 Å². The number of amides is 1. The van der Waals surface area contributed by atoms with Crippen LogP contribution in [0.2, 0.25) is 5.02 Å². The molecule has 4 nitrogen and oxygen atoms in total. The van der Waals surface area contributed by atoms with E-state index in [-0.39, 0.29) is 5.57 Å². The van der Waals surface area contributed by atoms with E-state index in [1.54, 1.807) is 31.4 Å². The highest BCUT2D eigenvalue weighted by molar-refractivity contribution is 6.30. The number of carbonyl (C=O) groups is 1. The number of carbonyl (C=O) groups excluding carboxylic acids is 1. The first-order chi connectivity index (χ1) is 11.1. The van der Waals surface area contributed by atoms with Crippen molar-refractivity contribution in [3.05, 3.63) is 70.3 Å². The Bertz CT molecular complexity index is 744. The van der Waals surface area contributed by atoms with Crippen molar-refractivity contribution in [2.24, 2.45) is 0 Å². The Morgan fingerprint density at radius 1 is 1.22 bits per heavy atom. The lowest BCUT2D eigenvalue weighted by atomic mass is 10.1. The van der Waals surface area contributed by atoms with Crippen LogP contribution in [0.25, 0.3) is 6.08 Å². The zero-order valence-corrected chi connectivity index (χ0v) is 13.3. The number of halogens is 1. The quantitative estimate of drug-likeness (QED) is 0.675. The molecule has 0 saturated carbocycles. The van der Waals surface area contributed by atoms with E-state index in [1.165, 1.54) is 6.08 Å². The Kier molecular flexibility index (Phi) is 5.79. The Morgan fingerprint density at radius 3 is 2.43 bits per heavy atom. The van der Waals surface area contributed by atoms with Crippen LogP contribution in [0.3, 0.4) is 0 Å². The minimum Gasteiger partial charge on any atom is -0.497 e. The van der Waals surface area contributed by atoms with Crippen LogP contribution in [0.1, 0.15) is 11.1 Å². The highest BCUT2D eigenvalue weighted by Gasteiger charge is 2.08. The summed E-state index contributed by atoms with van der Waals surface area (Å²) in [5.74, 6) is 0.332. The summed E-state index contributed by atoms with van der Waals surface area (Å²) < 4.78 is 5.08. The molecule has 0 aliphatic heterocycles. The van der Waals surface area contributed by atoms with Gasteiger partial charge in [-0.1, -0.05) is 35.9 Å². The van der Waals surface area contributed by atoms with Gasteiger partial charge in [0.15, 0.2) is 0 Å². The molecule has 0 unspecified atom stereocenters. The van der Waals surface area contributed by atoms with E-state index in [2.05, 4.69) is 5.32 Å². The molecule has 0 heterocycles. The van der Waals surface area contributed by atoms with Crippen molar-refractivity contribution in [2.45, 2.75) is 6.54 Å². The lowest BCUT2D eigenvalue weighted by Crippen LogP contribution is -2.23. The van der Waals surface area contributed by atoms with Gasteiger partial charge in [-0.3, -0.25) is 4.79 Å². The van der Waals surface area contributed by atoms with Gasteiger partial charge in [0.1, 0.15) is 17.4 Å². The molecule has 0 aromatic heterocycles. The van der Waals surface area contributed by atoms with Crippen LogP contribution in [-0.2, 0) is 11.3 Å². The predicted molar refractivity (Wildman–Crippen MR) is 89.9 cm³/mol. The number of methoxy groups -OCH3 is 1. The van der Waals surface area contributed by atoms with Crippen molar-refractivity contribution in [1.82, 2.24) is 5.32 Å². The second kappa shape index (κ2) is 8.02. The van der Waals surface area contributed by atoms with E-state index in [9.17, 15) is 4.79 Å². The lowest BCUT2D eigenvalue weighted by Gasteiger charge is -2.06. The van der Waals surface area contributed by atoms with Gasteiger partial charge in [0.25, 0.3) is 5.91 Å². The minimum atomic E-state index is -0.418. The summed E-state index contributed by atoms with van der Waals surface area (Å²) in [6.07, 6.45) is 1.53. The van der Waals surface area contributed by atoms with E-state index in [0.717, 1.165) is 16.9 Å². The fraction of sp³-hybridized carbons (Fsp3) is 0.111. The van der Waals surface area contributed by atoms with E-state index in [4.69, 9.17) is 21.6 Å². The summed E-state index contributed by atoms with van der Waals surface area (Å²) in [5, 5.41) is 12.5. The molecule has 0 aliphatic carbocycles. The molecule has 0 saturated heterocycles. The molecule has 2 aromatic rings. The summed E-state index contributed by atoms with van der Waals surface area (Å²) in [6.45, 7) is 0.336. The number of rotatable bonds is 5. The van der Waals surface area contributed by atoms with Crippen LogP contribution < -0.4 is 10.1 Å². The van der Waals surface area contributed by atoms with E-state index >= 15 is 0 Å². The monoisotopic (exact) mass is 326 g/mol. The van der Waals surface area contributed by atoms with Crippen molar-refractivity contribution >= 4 is 23.6 Å². The smallest absolute Gasteiger partial charge is 0.262 e. The van der Waals surface area contributed by atoms with Gasteiger partial charge in [0, 0.05) is 11.6 Å². The largest absolute Gasteiger partial charge is 0.497 e. The van der Waals surface area contributed by atoms with Gasteiger partial charge >= 0.3 is 0 Å². The number of nitrogens with one attached hydrogen (secondary N) is 1. The third kappa shape index (κ3) is 4.87. The predicted octanol–water partition coefficient (Wildman–Crippen LogP) is 3.57. The van der Waals surface area contributed by atoms with Gasteiger partial charge in [0.05, 0.1) is 7.11 Å². The average Bonchev–Trinajstić information content (AvgIpc) is 2.59. The highest BCUT2D eigenvalue weighted by atomic mass is 35.5. The maximum absolute atomic E-state index is 12.1. The molecule has 1 amide bonds. The first kappa shape index (κ1) is 16.6. The maximum atomic E-state index is 12.1. The van der Waals surface area contributed by atoms with Crippen LogP contribution in [0, 0.1) is 11.3 Å². The molecule has 0 radical (unpaired) electrons. The standard InChI is InChI=1S/C18H15ClN2O2/c1-23-17-8-4-14(5-9-17)12-21-18(22)15(11-20)10-13-2-6-16(19)7-3-13/h2-10H,12H2,1H3,(H,21,22)/b15-10-. The Morgan fingerprint density at radius 2 is 1.87 bits per heavy atom. The fourth-order valence-electron chi connectivity index (χ4n) is 1.90. The summed E-state index contributed by atoms with van der Waals surface area (Å²) in [5.41, 5.74) is 1.70. The van der Waals surface area contributed by atoms with Gasteiger partial charge in [0.2, 0.25) is 0 Å². The Labute approximate surface area is 140 Å². The number of nitriles is 1. The molecule has 23 heavy (non-hydrogen) atoms. The van der Waals surface area contributed by atoms with Crippen LogP contribution in [0.15, 0.2) is 54.1 Å². The van der Waals surface area contributed by atoms with Crippen LogP contribution in [-0.4, -0.2) is 13.0 Å². The molecule has 0 spiro atoms. The fourth-order valence-corrected chi connectivity index (χ4v) is 2.02. The molecule has 0 atom stereocenters. The average molecular weight is 327 g/mol. The molecule has 0 bridgehead atoms. The van der Waals surface area contributed by atoms with E-state index in [1.807, 2.05) is 30.3 Å². The number of nitrogens with zero attached hydrogens (tertiary/aromatic N) is 1. The molecule has 2 rings (SSSR count). The normalized spacial score (nSPS) is 10.7. The van der Waals surface area contributed by atoms with Crippen LogP contribution in [0.5, 0.6) is 5.75 Å². The minimum absolute atomic E-state index is 0.0424. The molecule has 116 valence electrons. The van der Waals surface area contributed by atoms with Crippen LogP contribution in [0.4, 0.5) is 0 Å². The Balaban J connectivity index is 2.02. The topological polar surface area (TPSA) is 62.1 Å². The lowest BCUT2D eigenvalue weighted by molar-refractivity contribution is -0.117. The molecule has 0 aliphatic rings. The second-order valence-corrected chi connectivity index (χ2v) is 5.19. The summed E-state index contributed by atoms with van der Waals surface area (Å²) in [4.78, 5) is 12.1. The molecule has 5 heteroatoms. The number of benzene rings is 2. The second-order valence-electron chi connectivity index (χ2n) is 4.75. The third-order valence-corrected chi connectivity index (χ3v) is 3.41. The van der Waals surface area contributed by atoms with Gasteiger partial charge in [-0.15, -0.1) is 0 Å². The van der Waals surface area contributed by atoms with Crippen molar-refractivity contribution in [3.63, 3.8) is 0 Å². The van der Waals surface area contributed by atoms with Crippen molar-refractivity contribution < 1.29 is 9.53 Å². The summed E-state index contributed by atoms with van der Waals surface area (Å²) in [7, 11) is 1.59. The van der Waals surface area contributed by atoms with Crippen molar-refractivity contribution in [3.8, 4) is 11.8 Å². The molecular weight excluding hydrogens is 312 g/mol. The SMILES string of the molecule is COc1ccc(CNC(=O)/C(C#N)=C\c2ccc(Cl)cc2)cc1. The van der Waals surface area contributed by atoms with Gasteiger partial charge < -0.3 is 10.1 Å². The molecule has 1 N–H and O–H groups in total. The van der Waals surface area contributed by atoms with Gasteiger partial charge in [-0.2, -0.15) is 5.26 Å².